The van der Waals surface area contributed by atoms with E-state index >= 15 is 0 Å². The van der Waals surface area contributed by atoms with E-state index in [9.17, 15) is 9.59 Å². The Labute approximate surface area is 142 Å². The summed E-state index contributed by atoms with van der Waals surface area (Å²) in [4.78, 5) is 30.5. The lowest BCUT2D eigenvalue weighted by atomic mass is 10.2. The minimum atomic E-state index is -0.461. The van der Waals surface area contributed by atoms with Gasteiger partial charge in [-0.2, -0.15) is 0 Å². The summed E-state index contributed by atoms with van der Waals surface area (Å²) in [6.07, 6.45) is 0. The Morgan fingerprint density at radius 1 is 1.21 bits per heavy atom. The van der Waals surface area contributed by atoms with Crippen LogP contribution in [0, 0.1) is 13.8 Å². The van der Waals surface area contributed by atoms with Crippen molar-refractivity contribution in [2.45, 2.75) is 13.8 Å². The van der Waals surface area contributed by atoms with E-state index in [1.165, 1.54) is 11.3 Å². The van der Waals surface area contributed by atoms with Gasteiger partial charge in [0.25, 0.3) is 11.8 Å². The molecule has 1 aliphatic rings. The van der Waals surface area contributed by atoms with Crippen LogP contribution in [0.1, 0.15) is 32.4 Å². The van der Waals surface area contributed by atoms with Gasteiger partial charge in [-0.1, -0.05) is 0 Å². The number of nitrogens with one attached hydrogen (secondary N) is 2. The molecule has 0 aromatic carbocycles. The highest BCUT2D eigenvalue weighted by atomic mass is 32.1. The van der Waals surface area contributed by atoms with Crippen LogP contribution in [0.5, 0.6) is 0 Å². The highest BCUT2D eigenvalue weighted by Gasteiger charge is 2.19. The van der Waals surface area contributed by atoms with Crippen LogP contribution < -0.4 is 15.8 Å². The van der Waals surface area contributed by atoms with E-state index in [0.29, 0.717) is 30.3 Å². The van der Waals surface area contributed by atoms with Gasteiger partial charge < -0.3 is 14.1 Å². The van der Waals surface area contributed by atoms with Crippen molar-refractivity contribution in [3.8, 4) is 0 Å². The SMILES string of the molecule is Cc1cc(C(=O)NNC(=O)c2csc(N3CCOCC3)n2)c(C)o1. The molecule has 3 heterocycles. The van der Waals surface area contributed by atoms with E-state index in [1.54, 1.807) is 25.3 Å². The Morgan fingerprint density at radius 3 is 2.58 bits per heavy atom. The predicted molar refractivity (Wildman–Crippen MR) is 88.3 cm³/mol. The van der Waals surface area contributed by atoms with E-state index in [2.05, 4.69) is 20.7 Å². The van der Waals surface area contributed by atoms with Gasteiger partial charge in [-0.05, 0) is 19.9 Å². The van der Waals surface area contributed by atoms with Crippen molar-refractivity contribution >= 4 is 28.3 Å². The molecule has 0 saturated carbocycles. The fourth-order valence-corrected chi connectivity index (χ4v) is 3.23. The normalized spacial score (nSPS) is 14.5. The van der Waals surface area contributed by atoms with Gasteiger partial charge in [0.15, 0.2) is 5.13 Å². The molecular weight excluding hydrogens is 332 g/mol. The third-order valence-electron chi connectivity index (χ3n) is 3.58. The second-order valence-electron chi connectivity index (χ2n) is 5.35. The minimum absolute atomic E-state index is 0.266. The zero-order chi connectivity index (χ0) is 17.1. The third kappa shape index (κ3) is 3.57. The molecule has 2 amide bonds. The molecule has 0 bridgehead atoms. The lowest BCUT2D eigenvalue weighted by Crippen LogP contribution is -2.42. The van der Waals surface area contributed by atoms with Crippen LogP contribution in [0.4, 0.5) is 5.13 Å². The van der Waals surface area contributed by atoms with Gasteiger partial charge in [-0.25, -0.2) is 4.98 Å². The molecule has 0 radical (unpaired) electrons. The number of hydrazine groups is 1. The number of anilines is 1. The molecule has 2 aromatic heterocycles. The summed E-state index contributed by atoms with van der Waals surface area (Å²) < 4.78 is 10.6. The van der Waals surface area contributed by atoms with Crippen LogP contribution in [-0.2, 0) is 4.74 Å². The number of thiazole rings is 1. The molecule has 2 aromatic rings. The van der Waals surface area contributed by atoms with Gasteiger partial charge in [0, 0.05) is 18.5 Å². The topological polar surface area (TPSA) is 96.7 Å². The van der Waals surface area contributed by atoms with Crippen LogP contribution >= 0.6 is 11.3 Å². The van der Waals surface area contributed by atoms with Crippen molar-refractivity contribution in [1.82, 2.24) is 15.8 Å². The fraction of sp³-hybridized carbons (Fsp3) is 0.400. The second-order valence-corrected chi connectivity index (χ2v) is 6.19. The van der Waals surface area contributed by atoms with E-state index in [0.717, 1.165) is 18.2 Å². The molecule has 3 rings (SSSR count). The average molecular weight is 350 g/mol. The highest BCUT2D eigenvalue weighted by Crippen LogP contribution is 2.21. The van der Waals surface area contributed by atoms with E-state index in [1.807, 2.05) is 0 Å². The summed E-state index contributed by atoms with van der Waals surface area (Å²) in [5.74, 6) is 0.249. The summed E-state index contributed by atoms with van der Waals surface area (Å²) in [6.45, 7) is 6.26. The van der Waals surface area contributed by atoms with Crippen molar-refractivity contribution in [1.29, 1.82) is 0 Å². The molecule has 0 atom stereocenters. The number of rotatable bonds is 3. The van der Waals surface area contributed by atoms with Gasteiger partial charge in [0.2, 0.25) is 0 Å². The Kier molecular flexibility index (Phi) is 4.81. The molecule has 0 spiro atoms. The van der Waals surface area contributed by atoms with E-state index in [4.69, 9.17) is 9.15 Å². The monoisotopic (exact) mass is 350 g/mol. The summed E-state index contributed by atoms with van der Waals surface area (Å²) in [6, 6.07) is 1.62. The lowest BCUT2D eigenvalue weighted by molar-refractivity contribution is 0.0843. The van der Waals surface area contributed by atoms with Crippen molar-refractivity contribution in [3.05, 3.63) is 34.2 Å². The Balaban J connectivity index is 1.58. The van der Waals surface area contributed by atoms with Crippen LogP contribution in [0.25, 0.3) is 0 Å². The molecule has 2 N–H and O–H groups in total. The number of nitrogens with zero attached hydrogens (tertiary/aromatic N) is 2. The number of ether oxygens (including phenoxy) is 1. The first kappa shape index (κ1) is 16.5. The molecule has 24 heavy (non-hydrogen) atoms. The lowest BCUT2D eigenvalue weighted by Gasteiger charge is -2.25. The smallest absolute Gasteiger partial charge is 0.289 e. The van der Waals surface area contributed by atoms with Crippen molar-refractivity contribution in [2.75, 3.05) is 31.2 Å². The molecule has 8 nitrogen and oxygen atoms in total. The fourth-order valence-electron chi connectivity index (χ4n) is 2.37. The number of hydrogen-bond acceptors (Lipinski definition) is 7. The summed E-state index contributed by atoms with van der Waals surface area (Å²) in [5.41, 5.74) is 5.40. The van der Waals surface area contributed by atoms with Gasteiger partial charge in [-0.15, -0.1) is 11.3 Å². The van der Waals surface area contributed by atoms with E-state index in [-0.39, 0.29) is 5.69 Å². The van der Waals surface area contributed by atoms with Crippen LogP contribution in [0.2, 0.25) is 0 Å². The zero-order valence-electron chi connectivity index (χ0n) is 13.4. The summed E-state index contributed by atoms with van der Waals surface area (Å²) >= 11 is 1.39. The number of morpholine rings is 1. The molecule has 0 aliphatic carbocycles. The maximum atomic E-state index is 12.1. The molecule has 9 heteroatoms. The number of aromatic nitrogens is 1. The number of hydrogen-bond donors (Lipinski definition) is 2. The third-order valence-corrected chi connectivity index (χ3v) is 4.48. The van der Waals surface area contributed by atoms with Crippen LogP contribution in [0.3, 0.4) is 0 Å². The van der Waals surface area contributed by atoms with Gasteiger partial charge in [0.05, 0.1) is 18.8 Å². The Bertz CT molecular complexity index is 748. The first-order valence-electron chi connectivity index (χ1n) is 7.50. The standard InChI is InChI=1S/C15H18N4O4S/c1-9-7-11(10(2)23-9)13(20)17-18-14(21)12-8-24-15(16-12)19-3-5-22-6-4-19/h7-8H,3-6H2,1-2H3,(H,17,20)(H,18,21). The number of aryl methyl sites for hydroxylation is 2. The maximum Gasteiger partial charge on any atom is 0.289 e. The maximum absolute atomic E-state index is 12.1. The highest BCUT2D eigenvalue weighted by molar-refractivity contribution is 7.13. The molecule has 1 aliphatic heterocycles. The average Bonchev–Trinajstić information content (AvgIpc) is 3.20. The minimum Gasteiger partial charge on any atom is -0.466 e. The van der Waals surface area contributed by atoms with Gasteiger partial charge >= 0.3 is 0 Å². The summed E-state index contributed by atoms with van der Waals surface area (Å²) in [7, 11) is 0. The summed E-state index contributed by atoms with van der Waals surface area (Å²) in [5, 5.41) is 2.44. The van der Waals surface area contributed by atoms with Crippen LogP contribution in [-0.4, -0.2) is 43.1 Å². The quantitative estimate of drug-likeness (QED) is 0.809. The zero-order valence-corrected chi connectivity index (χ0v) is 14.2. The van der Waals surface area contributed by atoms with Crippen molar-refractivity contribution in [2.24, 2.45) is 0 Å². The second kappa shape index (κ2) is 7.02. The van der Waals surface area contributed by atoms with Crippen molar-refractivity contribution in [3.63, 3.8) is 0 Å². The number of carbonyl (C=O) groups excluding carboxylic acids is 2. The number of carbonyl (C=O) groups is 2. The molecular formula is C15H18N4O4S. The molecule has 0 unspecified atom stereocenters. The number of amides is 2. The van der Waals surface area contributed by atoms with E-state index < -0.39 is 11.8 Å². The molecule has 1 saturated heterocycles. The largest absolute Gasteiger partial charge is 0.466 e. The first-order valence-corrected chi connectivity index (χ1v) is 8.38. The Hall–Kier alpha value is -2.39. The Morgan fingerprint density at radius 2 is 1.92 bits per heavy atom. The van der Waals surface area contributed by atoms with Crippen molar-refractivity contribution < 1.29 is 18.7 Å². The van der Waals surface area contributed by atoms with Crippen LogP contribution in [0.15, 0.2) is 15.9 Å². The first-order chi connectivity index (χ1) is 11.5. The number of furan rings is 1. The molecule has 128 valence electrons. The van der Waals surface area contributed by atoms with Gasteiger partial charge in [0.1, 0.15) is 17.2 Å². The molecule has 1 fully saturated rings. The predicted octanol–water partition coefficient (Wildman–Crippen LogP) is 1.26. The van der Waals surface area contributed by atoms with Gasteiger partial charge in [-0.3, -0.25) is 20.4 Å².